The Labute approximate surface area is 142 Å². The maximum atomic E-state index is 9.84. The van der Waals surface area contributed by atoms with Crippen LogP contribution >= 0.6 is 11.3 Å². The summed E-state index contributed by atoms with van der Waals surface area (Å²) in [5.41, 5.74) is 7.66. The molecule has 128 valence electrons. The molecule has 0 aliphatic rings. The highest BCUT2D eigenvalue weighted by atomic mass is 32.1. The van der Waals surface area contributed by atoms with Crippen LogP contribution in [0.5, 0.6) is 0 Å². The van der Waals surface area contributed by atoms with Crippen LogP contribution in [0.4, 0.5) is 5.13 Å². The molecule has 9 heteroatoms. The van der Waals surface area contributed by atoms with Gasteiger partial charge in [0.25, 0.3) is 0 Å². The number of hydrogen-bond acceptors (Lipinski definition) is 8. The molecule has 0 radical (unpaired) electrons. The third-order valence-corrected chi connectivity index (χ3v) is 5.02. The minimum absolute atomic E-state index is 0.280. The molecular formula is C15H20N6O2S. The summed E-state index contributed by atoms with van der Waals surface area (Å²) in [6.45, 7) is 2.00. The molecule has 0 bridgehead atoms. The number of anilines is 1. The summed E-state index contributed by atoms with van der Waals surface area (Å²) >= 11 is 1.43. The zero-order chi connectivity index (χ0) is 17.1. The normalized spacial score (nSPS) is 14.3. The highest BCUT2D eigenvalue weighted by Gasteiger charge is 2.31. The number of hydrogen-bond donors (Lipinski definition) is 4. The number of aromatic amines is 1. The van der Waals surface area contributed by atoms with Gasteiger partial charge in [0.05, 0.1) is 10.2 Å². The van der Waals surface area contributed by atoms with Gasteiger partial charge in [0.2, 0.25) is 0 Å². The van der Waals surface area contributed by atoms with Crippen molar-refractivity contribution in [2.24, 2.45) is 5.92 Å². The van der Waals surface area contributed by atoms with E-state index in [2.05, 4.69) is 25.6 Å². The molecule has 3 aromatic rings. The van der Waals surface area contributed by atoms with E-state index < -0.39 is 6.29 Å². The van der Waals surface area contributed by atoms with Gasteiger partial charge in [-0.15, -0.1) is 10.2 Å². The Morgan fingerprint density at radius 1 is 1.33 bits per heavy atom. The number of aliphatic hydroxyl groups is 2. The topological polar surface area (TPSA) is 134 Å². The number of aliphatic hydroxyl groups excluding tert-OH is 1. The summed E-state index contributed by atoms with van der Waals surface area (Å²) in [5, 5.41) is 34.4. The minimum atomic E-state index is -1.45. The van der Waals surface area contributed by atoms with Crippen molar-refractivity contribution < 1.29 is 10.2 Å². The quantitative estimate of drug-likeness (QED) is 0.475. The second kappa shape index (κ2) is 7.20. The number of fused-ring (bicyclic) bond motifs is 1. The monoisotopic (exact) mass is 348 g/mol. The number of para-hydroxylation sites is 1. The summed E-state index contributed by atoms with van der Waals surface area (Å²) in [4.78, 5) is 4.40. The first-order chi connectivity index (χ1) is 11.6. The van der Waals surface area contributed by atoms with Crippen molar-refractivity contribution in [2.75, 3.05) is 5.73 Å². The molecular weight excluding hydrogens is 328 g/mol. The smallest absolute Gasteiger partial charge is 0.181 e. The van der Waals surface area contributed by atoms with E-state index >= 15 is 0 Å². The number of H-pyrrole nitrogens is 1. The Hall–Kier alpha value is -2.10. The molecule has 2 heterocycles. The highest BCUT2D eigenvalue weighted by molar-refractivity contribution is 7.22. The second-order valence-corrected chi connectivity index (χ2v) is 6.82. The van der Waals surface area contributed by atoms with Crippen molar-refractivity contribution in [3.05, 3.63) is 29.6 Å². The largest absolute Gasteiger partial charge is 0.375 e. The Bertz CT molecular complexity index is 788. The first kappa shape index (κ1) is 16.7. The van der Waals surface area contributed by atoms with Crippen molar-refractivity contribution in [3.8, 4) is 0 Å². The zero-order valence-electron chi connectivity index (χ0n) is 13.3. The molecule has 2 atom stereocenters. The molecule has 1 aromatic carbocycles. The molecule has 3 rings (SSSR count). The van der Waals surface area contributed by atoms with E-state index in [0.717, 1.165) is 22.2 Å². The lowest BCUT2D eigenvalue weighted by atomic mass is 9.82. The van der Waals surface area contributed by atoms with Gasteiger partial charge in [-0.05, 0) is 24.5 Å². The molecule has 0 aliphatic heterocycles. The number of tetrazole rings is 1. The second-order valence-electron chi connectivity index (χ2n) is 5.76. The van der Waals surface area contributed by atoms with Crippen LogP contribution in [-0.2, 0) is 6.42 Å². The van der Waals surface area contributed by atoms with Gasteiger partial charge in [0, 0.05) is 11.8 Å². The van der Waals surface area contributed by atoms with Gasteiger partial charge in [-0.25, -0.2) is 4.98 Å². The molecule has 0 saturated carbocycles. The van der Waals surface area contributed by atoms with Crippen LogP contribution in [0.3, 0.4) is 0 Å². The number of nitrogens with zero attached hydrogens (tertiary/aromatic N) is 4. The Kier molecular flexibility index (Phi) is 5.03. The molecule has 0 fully saturated rings. The van der Waals surface area contributed by atoms with Gasteiger partial charge in [-0.1, -0.05) is 42.0 Å². The maximum absolute atomic E-state index is 9.84. The number of benzene rings is 1. The predicted octanol–water partition coefficient (Wildman–Crippen LogP) is 1.44. The predicted molar refractivity (Wildman–Crippen MR) is 91.3 cm³/mol. The molecule has 0 spiro atoms. The van der Waals surface area contributed by atoms with Crippen molar-refractivity contribution in [2.45, 2.75) is 38.4 Å². The fraction of sp³-hybridized carbons (Fsp3) is 0.467. The van der Waals surface area contributed by atoms with Gasteiger partial charge < -0.3 is 15.9 Å². The lowest BCUT2D eigenvalue weighted by molar-refractivity contribution is -0.0943. The van der Waals surface area contributed by atoms with Crippen LogP contribution < -0.4 is 5.73 Å². The average molecular weight is 348 g/mol. The Morgan fingerprint density at radius 2 is 2.17 bits per heavy atom. The molecule has 0 unspecified atom stereocenters. The SMILES string of the molecule is CCC[C@H](C(O)O)[C@H](Cc1cccc2sc(N)nc12)c1nn[nH]n1. The third-order valence-electron chi connectivity index (χ3n) is 4.17. The van der Waals surface area contributed by atoms with Crippen LogP contribution in [0.25, 0.3) is 10.2 Å². The first-order valence-corrected chi connectivity index (χ1v) is 8.65. The summed E-state index contributed by atoms with van der Waals surface area (Å²) in [5.74, 6) is -0.196. The molecule has 2 aromatic heterocycles. The zero-order valence-corrected chi connectivity index (χ0v) is 14.1. The maximum Gasteiger partial charge on any atom is 0.181 e. The lowest BCUT2D eigenvalue weighted by Crippen LogP contribution is -2.28. The molecule has 0 aliphatic carbocycles. The number of thiazole rings is 1. The van der Waals surface area contributed by atoms with E-state index in [1.807, 2.05) is 25.1 Å². The first-order valence-electron chi connectivity index (χ1n) is 7.83. The fourth-order valence-corrected chi connectivity index (χ4v) is 3.86. The van der Waals surface area contributed by atoms with Gasteiger partial charge in [-0.3, -0.25) is 0 Å². The van der Waals surface area contributed by atoms with Crippen molar-refractivity contribution in [1.82, 2.24) is 25.6 Å². The molecule has 8 nitrogen and oxygen atoms in total. The number of nitrogens with one attached hydrogen (secondary N) is 1. The number of rotatable bonds is 7. The van der Waals surface area contributed by atoms with E-state index in [1.165, 1.54) is 11.3 Å². The fourth-order valence-electron chi connectivity index (χ4n) is 3.08. The van der Waals surface area contributed by atoms with E-state index in [-0.39, 0.29) is 11.8 Å². The molecule has 0 amide bonds. The van der Waals surface area contributed by atoms with Gasteiger partial charge >= 0.3 is 0 Å². The van der Waals surface area contributed by atoms with Crippen molar-refractivity contribution >= 4 is 26.7 Å². The van der Waals surface area contributed by atoms with Crippen LogP contribution in [0, 0.1) is 5.92 Å². The van der Waals surface area contributed by atoms with E-state index in [0.29, 0.717) is 23.8 Å². The average Bonchev–Trinajstić information content (AvgIpc) is 3.19. The molecule has 5 N–H and O–H groups in total. The minimum Gasteiger partial charge on any atom is -0.375 e. The Morgan fingerprint density at radius 3 is 2.83 bits per heavy atom. The third kappa shape index (κ3) is 3.37. The van der Waals surface area contributed by atoms with E-state index in [4.69, 9.17) is 5.73 Å². The van der Waals surface area contributed by atoms with Gasteiger partial charge in [-0.2, -0.15) is 5.21 Å². The van der Waals surface area contributed by atoms with Gasteiger partial charge in [0.1, 0.15) is 0 Å². The van der Waals surface area contributed by atoms with Crippen LogP contribution in [0.1, 0.15) is 37.1 Å². The van der Waals surface area contributed by atoms with Crippen LogP contribution in [0.15, 0.2) is 18.2 Å². The standard InChI is InChI=1S/C15H20N6O2S/c1-2-4-9(14(22)23)10(13-18-20-21-19-13)7-8-5-3-6-11-12(8)17-15(16)24-11/h3,5-6,9-10,14,22-23H,2,4,7H2,1H3,(H2,16,17)(H,18,19,20,21)/t9-,10-/m0/s1. The van der Waals surface area contributed by atoms with E-state index in [1.54, 1.807) is 0 Å². The van der Waals surface area contributed by atoms with Crippen LogP contribution in [0.2, 0.25) is 0 Å². The number of aromatic nitrogens is 5. The van der Waals surface area contributed by atoms with Crippen LogP contribution in [-0.4, -0.2) is 42.1 Å². The summed E-state index contributed by atoms with van der Waals surface area (Å²) in [6.07, 6.45) is 0.548. The summed E-state index contributed by atoms with van der Waals surface area (Å²) < 4.78 is 1.01. The van der Waals surface area contributed by atoms with Gasteiger partial charge in [0.15, 0.2) is 17.2 Å². The summed E-state index contributed by atoms with van der Waals surface area (Å²) in [7, 11) is 0. The lowest BCUT2D eigenvalue weighted by Gasteiger charge is -2.26. The number of nitrogen functional groups attached to an aromatic ring is 1. The molecule has 0 saturated heterocycles. The Balaban J connectivity index is 1.99. The summed E-state index contributed by atoms with van der Waals surface area (Å²) in [6, 6.07) is 5.90. The van der Waals surface area contributed by atoms with Crippen molar-refractivity contribution in [1.29, 1.82) is 0 Å². The molecule has 24 heavy (non-hydrogen) atoms. The van der Waals surface area contributed by atoms with E-state index in [9.17, 15) is 10.2 Å². The number of nitrogens with two attached hydrogens (primary N) is 1. The highest BCUT2D eigenvalue weighted by Crippen LogP contribution is 2.34. The van der Waals surface area contributed by atoms with Crippen molar-refractivity contribution in [3.63, 3.8) is 0 Å².